The molecule has 1 amide bonds. The van der Waals surface area contributed by atoms with E-state index in [9.17, 15) is 4.79 Å². The van der Waals surface area contributed by atoms with E-state index >= 15 is 0 Å². The number of rotatable bonds is 4. The third-order valence-corrected chi connectivity index (χ3v) is 2.87. The van der Waals surface area contributed by atoms with Gasteiger partial charge in [0, 0.05) is 24.9 Å². The van der Waals surface area contributed by atoms with E-state index in [1.165, 1.54) is 0 Å². The molecule has 1 rings (SSSR count). The molecule has 0 aliphatic carbocycles. The normalized spacial score (nSPS) is 24.9. The van der Waals surface area contributed by atoms with Crippen LogP contribution in [0.3, 0.4) is 0 Å². The summed E-state index contributed by atoms with van der Waals surface area (Å²) in [5.74, 6) is 0.658. The van der Waals surface area contributed by atoms with Crippen LogP contribution in [0.25, 0.3) is 0 Å². The second-order valence-corrected chi connectivity index (χ2v) is 5.04. The summed E-state index contributed by atoms with van der Waals surface area (Å²) in [6, 6.07) is 0.261. The Labute approximate surface area is 96.5 Å². The van der Waals surface area contributed by atoms with Crippen molar-refractivity contribution in [3.63, 3.8) is 0 Å². The Bertz CT molecular complexity index is 219. The first kappa shape index (κ1) is 12.8. The summed E-state index contributed by atoms with van der Waals surface area (Å²) in [5, 5.41) is 3.03. The van der Waals surface area contributed by atoms with E-state index in [1.807, 2.05) is 0 Å². The zero-order chi connectivity index (χ0) is 11.3. The van der Waals surface area contributed by atoms with Crippen molar-refractivity contribution in [3.8, 4) is 0 Å². The average molecular weight is 234 g/mol. The number of alkyl halides is 1. The van der Waals surface area contributed by atoms with Gasteiger partial charge in [0.1, 0.15) is 0 Å². The SMILES string of the molecule is CC1(C)CC(NC(=O)CCCCl)CCO1. The summed E-state index contributed by atoms with van der Waals surface area (Å²) in [7, 11) is 0. The van der Waals surface area contributed by atoms with Crippen LogP contribution in [-0.4, -0.2) is 30.0 Å². The molecule has 4 heteroatoms. The van der Waals surface area contributed by atoms with Crippen LogP contribution in [0.5, 0.6) is 0 Å². The predicted molar refractivity (Wildman–Crippen MR) is 61.1 cm³/mol. The smallest absolute Gasteiger partial charge is 0.220 e. The summed E-state index contributed by atoms with van der Waals surface area (Å²) in [6.07, 6.45) is 3.08. The second-order valence-electron chi connectivity index (χ2n) is 4.66. The van der Waals surface area contributed by atoms with Crippen molar-refractivity contribution in [2.75, 3.05) is 12.5 Å². The topological polar surface area (TPSA) is 38.3 Å². The molecule has 1 unspecified atom stereocenters. The Morgan fingerprint density at radius 1 is 1.60 bits per heavy atom. The molecular formula is C11H20ClNO2. The molecule has 0 saturated carbocycles. The summed E-state index contributed by atoms with van der Waals surface area (Å²) in [4.78, 5) is 11.5. The third-order valence-electron chi connectivity index (χ3n) is 2.60. The molecule has 0 spiro atoms. The Balaban J connectivity index is 2.28. The van der Waals surface area contributed by atoms with Crippen molar-refractivity contribution in [2.24, 2.45) is 0 Å². The lowest BCUT2D eigenvalue weighted by atomic mass is 9.94. The highest BCUT2D eigenvalue weighted by molar-refractivity contribution is 6.17. The molecule has 1 saturated heterocycles. The van der Waals surface area contributed by atoms with Crippen molar-refractivity contribution in [1.82, 2.24) is 5.32 Å². The summed E-state index contributed by atoms with van der Waals surface area (Å²) >= 11 is 5.53. The van der Waals surface area contributed by atoms with Crippen LogP contribution < -0.4 is 5.32 Å². The summed E-state index contributed by atoms with van der Waals surface area (Å²) < 4.78 is 5.59. The molecule has 15 heavy (non-hydrogen) atoms. The number of ether oxygens (including phenoxy) is 1. The second kappa shape index (κ2) is 5.71. The molecule has 0 radical (unpaired) electrons. The van der Waals surface area contributed by atoms with Crippen molar-refractivity contribution >= 4 is 17.5 Å². The minimum absolute atomic E-state index is 0.108. The maximum absolute atomic E-state index is 11.5. The Kier molecular flexibility index (Phi) is 4.87. The van der Waals surface area contributed by atoms with Crippen LogP contribution in [0.1, 0.15) is 39.5 Å². The van der Waals surface area contributed by atoms with Gasteiger partial charge >= 0.3 is 0 Å². The van der Waals surface area contributed by atoms with E-state index in [0.717, 1.165) is 25.9 Å². The summed E-state index contributed by atoms with van der Waals surface area (Å²) in [5.41, 5.74) is -0.108. The molecule has 1 aliphatic heterocycles. The maximum atomic E-state index is 11.5. The lowest BCUT2D eigenvalue weighted by Crippen LogP contribution is -2.45. The van der Waals surface area contributed by atoms with Gasteiger partial charge in [-0.25, -0.2) is 0 Å². The molecule has 88 valence electrons. The third kappa shape index (κ3) is 4.85. The highest BCUT2D eigenvalue weighted by Gasteiger charge is 2.29. The van der Waals surface area contributed by atoms with Gasteiger partial charge in [-0.1, -0.05) is 0 Å². The predicted octanol–water partition coefficient (Wildman–Crippen LogP) is 2.08. The monoisotopic (exact) mass is 233 g/mol. The standard InChI is InChI=1S/C11H20ClNO2/c1-11(2)8-9(5-7-15-11)13-10(14)4-3-6-12/h9H,3-8H2,1-2H3,(H,13,14). The number of carbonyl (C=O) groups is 1. The lowest BCUT2D eigenvalue weighted by Gasteiger charge is -2.35. The van der Waals surface area contributed by atoms with E-state index in [0.29, 0.717) is 12.3 Å². The molecule has 1 fully saturated rings. The van der Waals surface area contributed by atoms with Gasteiger partial charge in [0.15, 0.2) is 0 Å². The van der Waals surface area contributed by atoms with E-state index in [1.54, 1.807) is 0 Å². The molecule has 1 atom stereocenters. The fraction of sp³-hybridized carbons (Fsp3) is 0.909. The van der Waals surface area contributed by atoms with Crippen molar-refractivity contribution in [2.45, 2.75) is 51.2 Å². The number of halogens is 1. The first-order valence-corrected chi connectivity index (χ1v) is 6.06. The first-order valence-electron chi connectivity index (χ1n) is 5.53. The number of amides is 1. The Hall–Kier alpha value is -0.280. The zero-order valence-corrected chi connectivity index (χ0v) is 10.3. The van der Waals surface area contributed by atoms with Gasteiger partial charge in [-0.15, -0.1) is 11.6 Å². The maximum Gasteiger partial charge on any atom is 0.220 e. The molecular weight excluding hydrogens is 214 g/mol. The number of hydrogen-bond acceptors (Lipinski definition) is 2. The van der Waals surface area contributed by atoms with E-state index in [-0.39, 0.29) is 17.6 Å². The quantitative estimate of drug-likeness (QED) is 0.756. The molecule has 1 aliphatic rings. The van der Waals surface area contributed by atoms with Crippen molar-refractivity contribution in [1.29, 1.82) is 0 Å². The molecule has 3 nitrogen and oxygen atoms in total. The van der Waals surface area contributed by atoms with Crippen LogP contribution in [0.4, 0.5) is 0 Å². The number of carbonyl (C=O) groups excluding carboxylic acids is 1. The lowest BCUT2D eigenvalue weighted by molar-refractivity contribution is -0.124. The zero-order valence-electron chi connectivity index (χ0n) is 9.51. The van der Waals surface area contributed by atoms with E-state index in [2.05, 4.69) is 19.2 Å². The van der Waals surface area contributed by atoms with Gasteiger partial charge < -0.3 is 10.1 Å². The van der Waals surface area contributed by atoms with Gasteiger partial charge in [-0.2, -0.15) is 0 Å². The van der Waals surface area contributed by atoms with Gasteiger partial charge in [0.05, 0.1) is 5.60 Å². The van der Waals surface area contributed by atoms with Crippen LogP contribution in [0.2, 0.25) is 0 Å². The van der Waals surface area contributed by atoms with Crippen molar-refractivity contribution < 1.29 is 9.53 Å². The summed E-state index contributed by atoms with van der Waals surface area (Å²) in [6.45, 7) is 4.85. The van der Waals surface area contributed by atoms with Gasteiger partial charge in [-0.05, 0) is 33.1 Å². The average Bonchev–Trinajstić information content (AvgIpc) is 2.13. The van der Waals surface area contributed by atoms with Gasteiger partial charge in [-0.3, -0.25) is 4.79 Å². The van der Waals surface area contributed by atoms with Crippen LogP contribution in [0, 0.1) is 0 Å². The first-order chi connectivity index (χ1) is 7.03. The minimum Gasteiger partial charge on any atom is -0.375 e. The molecule has 1 heterocycles. The Morgan fingerprint density at radius 3 is 2.93 bits per heavy atom. The molecule has 0 bridgehead atoms. The van der Waals surface area contributed by atoms with Crippen LogP contribution >= 0.6 is 11.6 Å². The molecule has 1 N–H and O–H groups in total. The molecule has 0 aromatic carbocycles. The van der Waals surface area contributed by atoms with Gasteiger partial charge in [0.2, 0.25) is 5.91 Å². The highest BCUT2D eigenvalue weighted by atomic mass is 35.5. The van der Waals surface area contributed by atoms with Crippen LogP contribution in [0.15, 0.2) is 0 Å². The Morgan fingerprint density at radius 2 is 2.33 bits per heavy atom. The number of hydrogen-bond donors (Lipinski definition) is 1. The van der Waals surface area contributed by atoms with Crippen molar-refractivity contribution in [3.05, 3.63) is 0 Å². The highest BCUT2D eigenvalue weighted by Crippen LogP contribution is 2.23. The molecule has 0 aromatic rings. The van der Waals surface area contributed by atoms with E-state index < -0.39 is 0 Å². The fourth-order valence-electron chi connectivity index (χ4n) is 1.88. The minimum atomic E-state index is -0.108. The van der Waals surface area contributed by atoms with Gasteiger partial charge in [0.25, 0.3) is 0 Å². The van der Waals surface area contributed by atoms with Crippen LogP contribution in [-0.2, 0) is 9.53 Å². The fourth-order valence-corrected chi connectivity index (χ4v) is 2.02. The number of nitrogens with one attached hydrogen (secondary N) is 1. The van der Waals surface area contributed by atoms with E-state index in [4.69, 9.17) is 16.3 Å². The molecule has 0 aromatic heterocycles. The largest absolute Gasteiger partial charge is 0.375 e.